The molecule has 420 valence electrons. The Balaban J connectivity index is 3.68. The second-order valence-electron chi connectivity index (χ2n) is 21.6. The molecule has 9 heteroatoms. The Morgan fingerprint density at radius 2 is 0.629 bits per heavy atom. The van der Waals surface area contributed by atoms with E-state index in [1.165, 1.54) is 295 Å². The Hall–Kier alpha value is -0.500. The van der Waals surface area contributed by atoms with Gasteiger partial charge < -0.3 is 20.1 Å². The van der Waals surface area contributed by atoms with Gasteiger partial charge in [0.15, 0.2) is 0 Å². The number of carbonyl (C=O) groups excluding carboxylic acids is 1. The van der Waals surface area contributed by atoms with Crippen LogP contribution in [0.5, 0.6) is 0 Å². The largest absolute Gasteiger partial charge is 0.472 e. The monoisotopic (exact) mass is 1010 g/mol. The molecule has 0 aliphatic rings. The number of phosphoric acid groups is 1. The molecule has 70 heavy (non-hydrogen) atoms. The predicted octanol–water partition coefficient (Wildman–Crippen LogP) is 20.3. The average Bonchev–Trinajstić information content (AvgIpc) is 3.35. The van der Waals surface area contributed by atoms with Crippen molar-refractivity contribution in [3.63, 3.8) is 0 Å². The van der Waals surface area contributed by atoms with Crippen molar-refractivity contribution in [3.05, 3.63) is 0 Å². The number of hydrogen-bond donors (Lipinski definition) is 2. The summed E-state index contributed by atoms with van der Waals surface area (Å²) < 4.78 is 33.7. The van der Waals surface area contributed by atoms with Gasteiger partial charge in [0.05, 0.1) is 19.8 Å². The van der Waals surface area contributed by atoms with Crippen molar-refractivity contribution in [3.8, 4) is 0 Å². The highest BCUT2D eigenvalue weighted by Crippen LogP contribution is 2.43. The summed E-state index contributed by atoms with van der Waals surface area (Å²) in [6, 6.07) is 0. The number of hydrogen-bond acceptors (Lipinski definition) is 7. The molecule has 0 radical (unpaired) electrons. The number of carbonyl (C=O) groups is 1. The SMILES string of the molecule is CCCCCCCCCCCCCCCCCCCCCCCCCCCCCCCCCCCCCC(=O)O[C@H](COCCCCCCCCCCCCCCCCCC)COP(=O)(O)OCCN. The van der Waals surface area contributed by atoms with Crippen LogP contribution in [-0.2, 0) is 27.9 Å². The van der Waals surface area contributed by atoms with Crippen LogP contribution in [0.3, 0.4) is 0 Å². The zero-order chi connectivity index (χ0) is 50.8. The van der Waals surface area contributed by atoms with E-state index in [2.05, 4.69) is 13.8 Å². The molecule has 0 saturated heterocycles. The molecule has 0 aromatic rings. The highest BCUT2D eigenvalue weighted by molar-refractivity contribution is 7.47. The standard InChI is InChI=1S/C61H124NO7P/c1-3-5-7-9-11-13-15-17-19-21-22-23-24-25-26-27-28-29-30-31-32-33-34-35-36-37-38-39-40-42-44-46-48-50-52-54-61(63)69-60(59-68-70(64,65)67-57-55-62)58-66-56-53-51-49-47-45-43-41-20-18-16-14-12-10-8-6-4-2/h60H,3-59,62H2,1-2H3,(H,64,65)/t60-/m1/s1. The van der Waals surface area contributed by atoms with Crippen molar-refractivity contribution in [1.82, 2.24) is 0 Å². The zero-order valence-corrected chi connectivity index (χ0v) is 48.2. The molecule has 0 rings (SSSR count). The van der Waals surface area contributed by atoms with Crippen LogP contribution in [0.25, 0.3) is 0 Å². The number of phosphoric ester groups is 1. The first-order valence-corrected chi connectivity index (χ1v) is 33.0. The van der Waals surface area contributed by atoms with Crippen LogP contribution in [0.4, 0.5) is 0 Å². The third-order valence-electron chi connectivity index (χ3n) is 14.5. The second kappa shape index (κ2) is 59.4. The molecule has 0 aromatic carbocycles. The molecule has 8 nitrogen and oxygen atoms in total. The van der Waals surface area contributed by atoms with Gasteiger partial charge in [-0.2, -0.15) is 0 Å². The van der Waals surface area contributed by atoms with Crippen molar-refractivity contribution >= 4 is 13.8 Å². The molecule has 0 bridgehead atoms. The van der Waals surface area contributed by atoms with Gasteiger partial charge in [-0.1, -0.05) is 328 Å². The Morgan fingerprint density at radius 1 is 0.371 bits per heavy atom. The highest BCUT2D eigenvalue weighted by Gasteiger charge is 2.25. The molecule has 0 aliphatic carbocycles. The van der Waals surface area contributed by atoms with Gasteiger partial charge >= 0.3 is 13.8 Å². The third kappa shape index (κ3) is 58.4. The molecule has 0 amide bonds. The van der Waals surface area contributed by atoms with Crippen LogP contribution in [0.1, 0.15) is 348 Å². The van der Waals surface area contributed by atoms with Crippen LogP contribution in [0.2, 0.25) is 0 Å². The van der Waals surface area contributed by atoms with Gasteiger partial charge in [-0.3, -0.25) is 13.8 Å². The van der Waals surface area contributed by atoms with E-state index in [1.807, 2.05) is 0 Å². The fourth-order valence-electron chi connectivity index (χ4n) is 9.89. The molecule has 0 saturated carbocycles. The lowest BCUT2D eigenvalue weighted by Gasteiger charge is -2.20. The Morgan fingerprint density at radius 3 is 0.900 bits per heavy atom. The molecule has 0 aliphatic heterocycles. The minimum atomic E-state index is -4.28. The average molecular weight is 1010 g/mol. The van der Waals surface area contributed by atoms with E-state index in [0.717, 1.165) is 32.1 Å². The summed E-state index contributed by atoms with van der Waals surface area (Å²) in [5.74, 6) is -0.318. The number of esters is 1. The van der Waals surface area contributed by atoms with E-state index in [-0.39, 0.29) is 32.3 Å². The highest BCUT2D eigenvalue weighted by atomic mass is 31.2. The van der Waals surface area contributed by atoms with E-state index < -0.39 is 13.9 Å². The molecular weight excluding hydrogens is 890 g/mol. The summed E-state index contributed by atoms with van der Waals surface area (Å²) in [6.07, 6.45) is 69.1. The third-order valence-corrected chi connectivity index (χ3v) is 15.5. The maximum absolute atomic E-state index is 12.7. The van der Waals surface area contributed by atoms with E-state index in [0.29, 0.717) is 13.0 Å². The van der Waals surface area contributed by atoms with Crippen LogP contribution in [-0.4, -0.2) is 49.9 Å². The van der Waals surface area contributed by atoms with Crippen LogP contribution in [0, 0.1) is 0 Å². The molecule has 1 unspecified atom stereocenters. The molecule has 2 atom stereocenters. The number of rotatable bonds is 62. The van der Waals surface area contributed by atoms with Crippen LogP contribution in [0.15, 0.2) is 0 Å². The van der Waals surface area contributed by atoms with Crippen molar-refractivity contribution in [2.24, 2.45) is 5.73 Å². The molecule has 3 N–H and O–H groups in total. The van der Waals surface area contributed by atoms with E-state index in [9.17, 15) is 14.3 Å². The zero-order valence-electron chi connectivity index (χ0n) is 47.3. The lowest BCUT2D eigenvalue weighted by atomic mass is 10.0. The van der Waals surface area contributed by atoms with E-state index >= 15 is 0 Å². The van der Waals surface area contributed by atoms with Gasteiger partial charge in [0, 0.05) is 19.6 Å². The van der Waals surface area contributed by atoms with E-state index in [1.54, 1.807) is 0 Å². The Kier molecular flexibility index (Phi) is 59.0. The fraction of sp³-hybridized carbons (Fsp3) is 0.984. The molecular formula is C61H124NO7P. The summed E-state index contributed by atoms with van der Waals surface area (Å²) in [5.41, 5.74) is 5.40. The maximum atomic E-state index is 12.7. The summed E-state index contributed by atoms with van der Waals surface area (Å²) in [4.78, 5) is 22.7. The molecule has 0 aromatic heterocycles. The minimum Gasteiger partial charge on any atom is -0.457 e. The predicted molar refractivity (Wildman–Crippen MR) is 303 cm³/mol. The summed E-state index contributed by atoms with van der Waals surface area (Å²) >= 11 is 0. The van der Waals surface area contributed by atoms with Gasteiger partial charge in [0.2, 0.25) is 0 Å². The first kappa shape index (κ1) is 69.5. The molecule has 0 fully saturated rings. The lowest BCUT2D eigenvalue weighted by molar-refractivity contribution is -0.154. The smallest absolute Gasteiger partial charge is 0.457 e. The first-order chi connectivity index (χ1) is 34.4. The van der Waals surface area contributed by atoms with Gasteiger partial charge in [-0.05, 0) is 12.8 Å². The molecule has 0 spiro atoms. The normalized spacial score (nSPS) is 13.0. The molecule has 0 heterocycles. The van der Waals surface area contributed by atoms with Gasteiger partial charge in [0.25, 0.3) is 0 Å². The number of unbranched alkanes of at least 4 members (excludes halogenated alkanes) is 49. The lowest BCUT2D eigenvalue weighted by Crippen LogP contribution is -2.28. The quantitative estimate of drug-likeness (QED) is 0.0351. The van der Waals surface area contributed by atoms with Gasteiger partial charge in [-0.15, -0.1) is 0 Å². The Labute approximate surface area is 437 Å². The van der Waals surface area contributed by atoms with Crippen molar-refractivity contribution < 1.29 is 32.8 Å². The van der Waals surface area contributed by atoms with Crippen LogP contribution >= 0.6 is 7.82 Å². The van der Waals surface area contributed by atoms with Gasteiger partial charge in [-0.25, -0.2) is 4.57 Å². The van der Waals surface area contributed by atoms with Crippen LogP contribution < -0.4 is 5.73 Å². The minimum absolute atomic E-state index is 0.0895. The van der Waals surface area contributed by atoms with Crippen molar-refractivity contribution in [1.29, 1.82) is 0 Å². The van der Waals surface area contributed by atoms with Crippen molar-refractivity contribution in [2.45, 2.75) is 354 Å². The summed E-state index contributed by atoms with van der Waals surface area (Å²) in [5, 5.41) is 0. The van der Waals surface area contributed by atoms with E-state index in [4.69, 9.17) is 24.3 Å². The first-order valence-electron chi connectivity index (χ1n) is 31.5. The topological polar surface area (TPSA) is 117 Å². The second-order valence-corrected chi connectivity index (χ2v) is 23.1. The van der Waals surface area contributed by atoms with Crippen molar-refractivity contribution in [2.75, 3.05) is 33.0 Å². The summed E-state index contributed by atoms with van der Waals surface area (Å²) in [6.45, 7) is 5.02. The Bertz CT molecular complexity index is 1050. The van der Waals surface area contributed by atoms with Gasteiger partial charge in [0.1, 0.15) is 6.10 Å². The maximum Gasteiger partial charge on any atom is 0.472 e. The summed E-state index contributed by atoms with van der Waals surface area (Å²) in [7, 11) is -4.28. The fourth-order valence-corrected chi connectivity index (χ4v) is 10.7. The number of ether oxygens (including phenoxy) is 2. The number of nitrogens with two attached hydrogens (primary N) is 1.